The summed E-state index contributed by atoms with van der Waals surface area (Å²) in [6.45, 7) is 0. The average molecular weight is 414 g/mol. The van der Waals surface area contributed by atoms with Crippen LogP contribution in [0.1, 0.15) is 20.7 Å². The molecule has 0 aliphatic carbocycles. The van der Waals surface area contributed by atoms with Crippen molar-refractivity contribution in [2.45, 2.75) is 0 Å². The highest BCUT2D eigenvalue weighted by molar-refractivity contribution is 6.40. The molecule has 28 heavy (non-hydrogen) atoms. The van der Waals surface area contributed by atoms with E-state index in [-0.39, 0.29) is 21.5 Å². The standard InChI is InChI=1S/C20H13Cl2N3O3/c1-25-15-6-3-9-23-19(15)28-16-8-7-11(10-12(16)20(25)27)24-18(26)17-13(21)4-2-5-14(17)22/h2-10H,1H3,(H,24,26). The van der Waals surface area contributed by atoms with Crippen molar-refractivity contribution in [2.24, 2.45) is 0 Å². The van der Waals surface area contributed by atoms with Gasteiger partial charge in [-0.15, -0.1) is 0 Å². The van der Waals surface area contributed by atoms with E-state index in [0.717, 1.165) is 0 Å². The van der Waals surface area contributed by atoms with Crippen LogP contribution >= 0.6 is 23.2 Å². The number of carbonyl (C=O) groups is 2. The van der Waals surface area contributed by atoms with Crippen LogP contribution in [0, 0.1) is 0 Å². The second kappa shape index (κ2) is 7.14. The lowest BCUT2D eigenvalue weighted by Gasteiger charge is -2.15. The summed E-state index contributed by atoms with van der Waals surface area (Å²) in [5.41, 5.74) is 1.42. The Morgan fingerprint density at radius 1 is 1.11 bits per heavy atom. The summed E-state index contributed by atoms with van der Waals surface area (Å²) >= 11 is 12.2. The molecular weight excluding hydrogens is 401 g/mol. The number of fused-ring (bicyclic) bond motifs is 2. The molecule has 0 atom stereocenters. The SMILES string of the molecule is CN1C(=O)c2cc(NC(=O)c3c(Cl)cccc3Cl)ccc2Oc2ncccc21. The minimum atomic E-state index is -0.476. The first-order valence-electron chi connectivity index (χ1n) is 8.26. The van der Waals surface area contributed by atoms with Crippen molar-refractivity contribution in [1.82, 2.24) is 4.98 Å². The van der Waals surface area contributed by atoms with Gasteiger partial charge in [0.1, 0.15) is 11.4 Å². The fraction of sp³-hybridized carbons (Fsp3) is 0.0500. The van der Waals surface area contributed by atoms with Gasteiger partial charge in [0.15, 0.2) is 0 Å². The molecule has 1 aromatic heterocycles. The molecule has 2 heterocycles. The number of halogens is 2. The van der Waals surface area contributed by atoms with E-state index in [1.165, 1.54) is 4.90 Å². The van der Waals surface area contributed by atoms with Crippen LogP contribution in [0.2, 0.25) is 10.0 Å². The zero-order valence-electron chi connectivity index (χ0n) is 14.6. The van der Waals surface area contributed by atoms with Crippen molar-refractivity contribution in [3.05, 3.63) is 75.9 Å². The smallest absolute Gasteiger partial charge is 0.262 e. The number of pyridine rings is 1. The van der Waals surface area contributed by atoms with Crippen molar-refractivity contribution in [3.63, 3.8) is 0 Å². The number of hydrogen-bond acceptors (Lipinski definition) is 4. The number of aromatic nitrogens is 1. The van der Waals surface area contributed by atoms with E-state index in [4.69, 9.17) is 27.9 Å². The lowest BCUT2D eigenvalue weighted by atomic mass is 10.1. The molecule has 4 rings (SSSR count). The predicted octanol–water partition coefficient (Wildman–Crippen LogP) is 5.02. The summed E-state index contributed by atoms with van der Waals surface area (Å²) in [7, 11) is 1.63. The van der Waals surface area contributed by atoms with Gasteiger partial charge in [0, 0.05) is 18.9 Å². The van der Waals surface area contributed by atoms with Gasteiger partial charge in [0.2, 0.25) is 5.88 Å². The Balaban J connectivity index is 1.68. The van der Waals surface area contributed by atoms with Gasteiger partial charge < -0.3 is 15.0 Å². The Morgan fingerprint density at radius 3 is 2.61 bits per heavy atom. The third kappa shape index (κ3) is 3.17. The predicted molar refractivity (Wildman–Crippen MR) is 108 cm³/mol. The number of anilines is 2. The number of ether oxygens (including phenoxy) is 1. The molecule has 0 saturated carbocycles. The first-order valence-corrected chi connectivity index (χ1v) is 9.01. The van der Waals surface area contributed by atoms with Crippen LogP contribution in [0.25, 0.3) is 0 Å². The van der Waals surface area contributed by atoms with Crippen LogP contribution in [-0.2, 0) is 0 Å². The molecule has 1 N–H and O–H groups in total. The number of rotatable bonds is 2. The lowest BCUT2D eigenvalue weighted by molar-refractivity contribution is 0.0990. The Hall–Kier alpha value is -3.09. The minimum Gasteiger partial charge on any atom is -0.436 e. The van der Waals surface area contributed by atoms with E-state index in [0.29, 0.717) is 28.6 Å². The molecule has 0 saturated heterocycles. The number of hydrogen-bond donors (Lipinski definition) is 1. The molecule has 2 amide bonds. The largest absolute Gasteiger partial charge is 0.436 e. The third-order valence-electron chi connectivity index (χ3n) is 4.28. The third-order valence-corrected chi connectivity index (χ3v) is 4.91. The molecule has 0 unspecified atom stereocenters. The highest BCUT2D eigenvalue weighted by Crippen LogP contribution is 2.37. The highest BCUT2D eigenvalue weighted by Gasteiger charge is 2.27. The summed E-state index contributed by atoms with van der Waals surface area (Å²) in [5.74, 6) is -0.0794. The van der Waals surface area contributed by atoms with Crippen LogP contribution in [0.3, 0.4) is 0 Å². The monoisotopic (exact) mass is 413 g/mol. The van der Waals surface area contributed by atoms with E-state index >= 15 is 0 Å². The molecule has 0 spiro atoms. The van der Waals surface area contributed by atoms with Crippen LogP contribution < -0.4 is 15.0 Å². The maximum Gasteiger partial charge on any atom is 0.262 e. The molecule has 1 aliphatic rings. The second-order valence-corrected chi connectivity index (χ2v) is 6.87. The molecule has 0 radical (unpaired) electrons. The molecule has 6 nitrogen and oxygen atoms in total. The van der Waals surface area contributed by atoms with Gasteiger partial charge in [-0.25, -0.2) is 4.98 Å². The van der Waals surface area contributed by atoms with Gasteiger partial charge in [-0.2, -0.15) is 0 Å². The fourth-order valence-electron chi connectivity index (χ4n) is 2.88. The zero-order valence-corrected chi connectivity index (χ0v) is 16.1. The van der Waals surface area contributed by atoms with Crippen LogP contribution in [-0.4, -0.2) is 23.8 Å². The van der Waals surface area contributed by atoms with Gasteiger partial charge in [0.05, 0.1) is 21.2 Å². The Labute approximate surface area is 170 Å². The molecule has 3 aromatic rings. The molecule has 2 aromatic carbocycles. The molecule has 0 fully saturated rings. The molecular formula is C20H13Cl2N3O3. The van der Waals surface area contributed by atoms with Crippen LogP contribution in [0.5, 0.6) is 11.6 Å². The number of nitrogens with one attached hydrogen (secondary N) is 1. The number of nitrogens with zero attached hydrogens (tertiary/aromatic N) is 2. The van der Waals surface area contributed by atoms with Gasteiger partial charge in [-0.05, 0) is 42.5 Å². The Kier molecular flexibility index (Phi) is 4.66. The molecule has 8 heteroatoms. The zero-order chi connectivity index (χ0) is 19.8. The summed E-state index contributed by atoms with van der Waals surface area (Å²) in [6, 6.07) is 13.1. The summed E-state index contributed by atoms with van der Waals surface area (Å²) in [4.78, 5) is 31.1. The highest BCUT2D eigenvalue weighted by atomic mass is 35.5. The van der Waals surface area contributed by atoms with Gasteiger partial charge in [-0.1, -0.05) is 29.3 Å². The van der Waals surface area contributed by atoms with Crippen molar-refractivity contribution < 1.29 is 14.3 Å². The van der Waals surface area contributed by atoms with Gasteiger partial charge in [-0.3, -0.25) is 9.59 Å². The van der Waals surface area contributed by atoms with Crippen molar-refractivity contribution in [1.29, 1.82) is 0 Å². The van der Waals surface area contributed by atoms with Crippen molar-refractivity contribution in [2.75, 3.05) is 17.3 Å². The Bertz CT molecular complexity index is 1100. The quantitative estimate of drug-likeness (QED) is 0.639. The molecule has 0 bridgehead atoms. The lowest BCUT2D eigenvalue weighted by Crippen LogP contribution is -2.25. The van der Waals surface area contributed by atoms with E-state index < -0.39 is 5.91 Å². The summed E-state index contributed by atoms with van der Waals surface area (Å²) < 4.78 is 5.80. The van der Waals surface area contributed by atoms with Crippen molar-refractivity contribution >= 4 is 46.4 Å². The second-order valence-electron chi connectivity index (χ2n) is 6.06. The maximum absolute atomic E-state index is 12.9. The van der Waals surface area contributed by atoms with Crippen LogP contribution in [0.15, 0.2) is 54.7 Å². The summed E-state index contributed by atoms with van der Waals surface area (Å²) in [5, 5.41) is 3.19. The van der Waals surface area contributed by atoms with Crippen molar-refractivity contribution in [3.8, 4) is 11.6 Å². The van der Waals surface area contributed by atoms with E-state index in [2.05, 4.69) is 10.3 Å². The fourth-order valence-corrected chi connectivity index (χ4v) is 3.45. The number of amides is 2. The number of carbonyl (C=O) groups excluding carboxylic acids is 2. The molecule has 1 aliphatic heterocycles. The first kappa shape index (κ1) is 18.3. The molecule has 140 valence electrons. The first-order chi connectivity index (χ1) is 13.5. The minimum absolute atomic E-state index is 0.164. The Morgan fingerprint density at radius 2 is 1.86 bits per heavy atom. The van der Waals surface area contributed by atoms with E-state index in [9.17, 15) is 9.59 Å². The topological polar surface area (TPSA) is 71.5 Å². The van der Waals surface area contributed by atoms with Gasteiger partial charge in [0.25, 0.3) is 11.8 Å². The van der Waals surface area contributed by atoms with Crippen LogP contribution in [0.4, 0.5) is 11.4 Å². The van der Waals surface area contributed by atoms with E-state index in [1.807, 2.05) is 0 Å². The normalized spacial score (nSPS) is 12.5. The number of benzene rings is 2. The van der Waals surface area contributed by atoms with E-state index in [1.54, 1.807) is 61.8 Å². The van der Waals surface area contributed by atoms with Gasteiger partial charge >= 0.3 is 0 Å². The maximum atomic E-state index is 12.9. The average Bonchev–Trinajstić information content (AvgIpc) is 2.77. The summed E-state index contributed by atoms with van der Waals surface area (Å²) in [6.07, 6.45) is 1.59.